The third-order valence-electron chi connectivity index (χ3n) is 0.972. The first-order chi connectivity index (χ1) is 4.52. The predicted octanol–water partition coefficient (Wildman–Crippen LogP) is -0.0117. The molecule has 4 heteroatoms. The Bertz CT molecular complexity index is 131. The van der Waals surface area contributed by atoms with Crippen LogP contribution in [0.3, 0.4) is 0 Å². The zero-order chi connectivity index (χ0) is 8.15. The summed E-state index contributed by atoms with van der Waals surface area (Å²) in [6, 6.07) is 0. The van der Waals surface area contributed by atoms with Gasteiger partial charge in [-0.3, -0.25) is 4.79 Å². The van der Waals surface area contributed by atoms with Crippen molar-refractivity contribution in [1.82, 2.24) is 0 Å². The quantitative estimate of drug-likeness (QED) is 0.567. The van der Waals surface area contributed by atoms with Gasteiger partial charge in [0.15, 0.2) is 0 Å². The molecule has 3 nitrogen and oxygen atoms in total. The van der Waals surface area contributed by atoms with Gasteiger partial charge in [0.05, 0.1) is 4.99 Å². The Morgan fingerprint density at radius 3 is 2.50 bits per heavy atom. The van der Waals surface area contributed by atoms with Gasteiger partial charge in [0.1, 0.15) is 0 Å². The van der Waals surface area contributed by atoms with Crippen LogP contribution in [0.5, 0.6) is 0 Å². The van der Waals surface area contributed by atoms with Crippen molar-refractivity contribution in [3.63, 3.8) is 0 Å². The van der Waals surface area contributed by atoms with E-state index in [0.29, 0.717) is 11.4 Å². The third-order valence-corrected chi connectivity index (χ3v) is 1.11. The van der Waals surface area contributed by atoms with E-state index < -0.39 is 0 Å². The molecule has 0 saturated carbocycles. The fourth-order valence-electron chi connectivity index (χ4n) is 0.657. The summed E-state index contributed by atoms with van der Waals surface area (Å²) in [5, 5.41) is 0. The maximum Gasteiger partial charge on any atom is 0.217 e. The first-order valence-corrected chi connectivity index (χ1v) is 3.36. The van der Waals surface area contributed by atoms with Gasteiger partial charge in [-0.15, -0.1) is 0 Å². The Balaban J connectivity index is 3.53. The lowest BCUT2D eigenvalue weighted by Crippen LogP contribution is -2.19. The summed E-state index contributed by atoms with van der Waals surface area (Å²) in [6.07, 6.45) is 1.94. The molecule has 0 aliphatic rings. The predicted molar refractivity (Wildman–Crippen MR) is 44.1 cm³/mol. The van der Waals surface area contributed by atoms with Crippen molar-refractivity contribution in [1.29, 1.82) is 0 Å². The number of carbonyl (C=O) groups excluding carboxylic acids is 1. The highest BCUT2D eigenvalue weighted by Crippen LogP contribution is 2.04. The normalized spacial score (nSPS) is 12.5. The van der Waals surface area contributed by atoms with Gasteiger partial charge in [-0.05, 0) is 5.92 Å². The third kappa shape index (κ3) is 5.50. The van der Waals surface area contributed by atoms with Gasteiger partial charge in [0.25, 0.3) is 0 Å². The van der Waals surface area contributed by atoms with Gasteiger partial charge in [-0.2, -0.15) is 0 Å². The molecule has 4 N–H and O–H groups in total. The Morgan fingerprint density at radius 2 is 2.20 bits per heavy atom. The lowest BCUT2D eigenvalue weighted by molar-refractivity contribution is -0.118. The topological polar surface area (TPSA) is 69.1 Å². The second-order valence-corrected chi connectivity index (χ2v) is 2.69. The number of hydrogen-bond acceptors (Lipinski definition) is 2. The van der Waals surface area contributed by atoms with Gasteiger partial charge in [0, 0.05) is 12.8 Å². The summed E-state index contributed by atoms with van der Waals surface area (Å²) in [7, 11) is 0. The van der Waals surface area contributed by atoms with E-state index in [9.17, 15) is 4.79 Å². The van der Waals surface area contributed by atoms with Crippen LogP contribution in [-0.4, -0.2) is 10.9 Å². The van der Waals surface area contributed by atoms with Gasteiger partial charge >= 0.3 is 0 Å². The van der Waals surface area contributed by atoms with Crippen molar-refractivity contribution in [2.45, 2.75) is 13.3 Å². The number of nitrogens with two attached hydrogens (primary N) is 2. The molecule has 1 unspecified atom stereocenters. The molecule has 0 spiro atoms. The number of rotatable bonds is 4. The molecule has 0 aliphatic heterocycles. The SMILES string of the molecule is CC([CH]C(N)=S)CC(N)=O. The molecular weight excluding hydrogens is 148 g/mol. The standard InChI is InChI=1S/C6H11N2OS/c1-4(2-5(7)9)3-6(8)10/h3-4H,2H2,1H3,(H2,7,9)(H2,8,10). The summed E-state index contributed by atoms with van der Waals surface area (Å²) < 4.78 is 0. The molecule has 57 valence electrons. The number of thiocarbonyl (C=S) groups is 1. The van der Waals surface area contributed by atoms with Crippen LogP contribution in [0.2, 0.25) is 0 Å². The van der Waals surface area contributed by atoms with E-state index in [1.54, 1.807) is 6.42 Å². The van der Waals surface area contributed by atoms with E-state index in [2.05, 4.69) is 12.2 Å². The van der Waals surface area contributed by atoms with Crippen LogP contribution in [0.1, 0.15) is 13.3 Å². The van der Waals surface area contributed by atoms with Crippen molar-refractivity contribution in [2.24, 2.45) is 17.4 Å². The average Bonchev–Trinajstić information content (AvgIpc) is 1.58. The molecule has 0 aromatic rings. The van der Waals surface area contributed by atoms with Crippen molar-refractivity contribution < 1.29 is 4.79 Å². The summed E-state index contributed by atoms with van der Waals surface area (Å²) in [6.45, 7) is 1.84. The van der Waals surface area contributed by atoms with Crippen LogP contribution in [-0.2, 0) is 4.79 Å². The van der Waals surface area contributed by atoms with Gasteiger partial charge in [-0.25, -0.2) is 0 Å². The van der Waals surface area contributed by atoms with E-state index in [-0.39, 0.29) is 11.8 Å². The highest BCUT2D eigenvalue weighted by molar-refractivity contribution is 7.80. The highest BCUT2D eigenvalue weighted by atomic mass is 32.1. The number of carbonyl (C=O) groups is 1. The molecule has 0 saturated heterocycles. The molecule has 0 rings (SSSR count). The van der Waals surface area contributed by atoms with Crippen LogP contribution in [0.25, 0.3) is 0 Å². The molecule has 0 aromatic heterocycles. The van der Waals surface area contributed by atoms with Crippen LogP contribution in [0.4, 0.5) is 0 Å². The lowest BCUT2D eigenvalue weighted by atomic mass is 10.0. The van der Waals surface area contributed by atoms with Crippen molar-refractivity contribution >= 4 is 23.1 Å². The van der Waals surface area contributed by atoms with Gasteiger partial charge < -0.3 is 11.5 Å². The molecule has 0 bridgehead atoms. The molecule has 1 amide bonds. The summed E-state index contributed by atoms with van der Waals surface area (Å²) in [5.41, 5.74) is 10.1. The minimum atomic E-state index is -0.333. The molecule has 0 fully saturated rings. The van der Waals surface area contributed by atoms with Gasteiger partial charge in [0.2, 0.25) is 5.91 Å². The fourth-order valence-corrected chi connectivity index (χ4v) is 0.889. The number of amides is 1. The molecular formula is C6H11N2OS. The van der Waals surface area contributed by atoms with E-state index in [4.69, 9.17) is 11.5 Å². The maximum atomic E-state index is 10.3. The summed E-state index contributed by atoms with van der Waals surface area (Å²) in [5.74, 6) is -0.282. The summed E-state index contributed by atoms with van der Waals surface area (Å²) in [4.78, 5) is 10.6. The second kappa shape index (κ2) is 4.22. The van der Waals surface area contributed by atoms with E-state index in [0.717, 1.165) is 0 Å². The average molecular weight is 159 g/mol. The maximum absolute atomic E-state index is 10.3. The van der Waals surface area contributed by atoms with Crippen molar-refractivity contribution in [3.05, 3.63) is 6.42 Å². The minimum absolute atomic E-state index is 0.0509. The fraction of sp³-hybridized carbons (Fsp3) is 0.500. The van der Waals surface area contributed by atoms with E-state index in [1.165, 1.54) is 0 Å². The minimum Gasteiger partial charge on any atom is -0.393 e. The van der Waals surface area contributed by atoms with Crippen LogP contribution in [0.15, 0.2) is 0 Å². The molecule has 0 aliphatic carbocycles. The Kier molecular flexibility index (Phi) is 3.95. The first-order valence-electron chi connectivity index (χ1n) is 2.95. The monoisotopic (exact) mass is 159 g/mol. The Morgan fingerprint density at radius 1 is 1.70 bits per heavy atom. The first kappa shape index (κ1) is 9.36. The molecule has 1 atom stereocenters. The van der Waals surface area contributed by atoms with Crippen molar-refractivity contribution in [3.8, 4) is 0 Å². The van der Waals surface area contributed by atoms with Crippen LogP contribution < -0.4 is 11.5 Å². The largest absolute Gasteiger partial charge is 0.393 e. The smallest absolute Gasteiger partial charge is 0.217 e. The zero-order valence-corrected chi connectivity index (χ0v) is 6.65. The second-order valence-electron chi connectivity index (χ2n) is 2.22. The number of primary amides is 1. The Hall–Kier alpha value is -0.640. The van der Waals surface area contributed by atoms with E-state index >= 15 is 0 Å². The lowest BCUT2D eigenvalue weighted by Gasteiger charge is -2.05. The highest BCUT2D eigenvalue weighted by Gasteiger charge is 2.06. The van der Waals surface area contributed by atoms with Crippen LogP contribution in [0, 0.1) is 12.3 Å². The molecule has 10 heavy (non-hydrogen) atoms. The Labute approximate surface area is 65.8 Å². The molecule has 0 heterocycles. The molecule has 1 radical (unpaired) electrons. The van der Waals surface area contributed by atoms with Gasteiger partial charge in [-0.1, -0.05) is 19.1 Å². The van der Waals surface area contributed by atoms with E-state index in [1.807, 2.05) is 6.92 Å². The van der Waals surface area contributed by atoms with Crippen molar-refractivity contribution in [2.75, 3.05) is 0 Å². The van der Waals surface area contributed by atoms with Crippen LogP contribution >= 0.6 is 12.2 Å². The zero-order valence-electron chi connectivity index (χ0n) is 5.83. The summed E-state index contributed by atoms with van der Waals surface area (Å²) >= 11 is 4.59. The number of hydrogen-bond donors (Lipinski definition) is 2. The molecule has 0 aromatic carbocycles.